The van der Waals surface area contributed by atoms with Gasteiger partial charge >= 0.3 is 18.9 Å². The zero-order valence-corrected chi connectivity index (χ0v) is 9.34. The third kappa shape index (κ3) is 10.1. The second kappa shape index (κ2) is 13.0. The Morgan fingerprint density at radius 2 is 2.07 bits per heavy atom. The van der Waals surface area contributed by atoms with Crippen LogP contribution in [0.5, 0.6) is 0 Å². The molecule has 0 amide bonds. The van der Waals surface area contributed by atoms with Crippen LogP contribution >= 0.6 is 0 Å². The maximum absolute atomic E-state index is 6.92. The van der Waals surface area contributed by atoms with Gasteiger partial charge in [-0.3, -0.25) is 0 Å². The Bertz CT molecular complexity index is 145. The average Bonchev–Trinajstić information content (AvgIpc) is 2.16. The van der Waals surface area contributed by atoms with Gasteiger partial charge in [0.1, 0.15) is 6.79 Å². The molecule has 1 atom stereocenters. The SMILES string of the molecule is [C-]#CC(CCC)OCOCCOC.[Li+]. The van der Waals surface area contributed by atoms with Crippen molar-refractivity contribution in [2.24, 2.45) is 0 Å². The molecule has 1 unspecified atom stereocenters. The fraction of sp³-hybridized carbons (Fsp3) is 0.800. The van der Waals surface area contributed by atoms with Crippen LogP contribution in [0.1, 0.15) is 19.8 Å². The topological polar surface area (TPSA) is 27.7 Å². The minimum absolute atomic E-state index is 0. The van der Waals surface area contributed by atoms with E-state index in [-0.39, 0.29) is 31.8 Å². The van der Waals surface area contributed by atoms with Crippen LogP contribution in [-0.4, -0.2) is 33.2 Å². The van der Waals surface area contributed by atoms with Gasteiger partial charge in [-0.05, 0) is 6.42 Å². The van der Waals surface area contributed by atoms with E-state index < -0.39 is 0 Å². The molecule has 0 bridgehead atoms. The van der Waals surface area contributed by atoms with Crippen molar-refractivity contribution in [1.82, 2.24) is 0 Å². The predicted molar refractivity (Wildman–Crippen MR) is 49.6 cm³/mol. The van der Waals surface area contributed by atoms with E-state index in [1.807, 2.05) is 6.92 Å². The summed E-state index contributed by atoms with van der Waals surface area (Å²) in [7, 11) is 1.62. The summed E-state index contributed by atoms with van der Waals surface area (Å²) in [4.78, 5) is 0. The van der Waals surface area contributed by atoms with E-state index >= 15 is 0 Å². The first-order chi connectivity index (χ1) is 6.35. The Morgan fingerprint density at radius 3 is 2.57 bits per heavy atom. The predicted octanol–water partition coefficient (Wildman–Crippen LogP) is -1.61. The molecule has 0 N–H and O–H groups in total. The van der Waals surface area contributed by atoms with E-state index in [4.69, 9.17) is 20.6 Å². The van der Waals surface area contributed by atoms with Crippen molar-refractivity contribution in [3.05, 3.63) is 6.42 Å². The number of rotatable bonds is 8. The van der Waals surface area contributed by atoms with Crippen molar-refractivity contribution in [2.75, 3.05) is 27.1 Å². The maximum atomic E-state index is 6.92. The van der Waals surface area contributed by atoms with Crippen LogP contribution in [-0.2, 0) is 14.2 Å². The van der Waals surface area contributed by atoms with Gasteiger partial charge in [-0.15, -0.1) is 0 Å². The van der Waals surface area contributed by atoms with Crippen molar-refractivity contribution >= 4 is 0 Å². The van der Waals surface area contributed by atoms with Gasteiger partial charge < -0.3 is 26.6 Å². The van der Waals surface area contributed by atoms with Crippen molar-refractivity contribution in [3.8, 4) is 5.92 Å². The number of ether oxygens (including phenoxy) is 3. The molecule has 0 rings (SSSR count). The Labute approximate surface area is 98.7 Å². The largest absolute Gasteiger partial charge is 1.00 e. The van der Waals surface area contributed by atoms with E-state index in [1.165, 1.54) is 0 Å². The Balaban J connectivity index is 0. The maximum Gasteiger partial charge on any atom is 1.00 e. The van der Waals surface area contributed by atoms with E-state index in [2.05, 4.69) is 5.92 Å². The molecule has 0 saturated carbocycles. The summed E-state index contributed by atoms with van der Waals surface area (Å²) in [6, 6.07) is 0. The molecular weight excluding hydrogens is 175 g/mol. The molecule has 0 aliphatic rings. The monoisotopic (exact) mass is 192 g/mol. The zero-order chi connectivity index (χ0) is 9.94. The van der Waals surface area contributed by atoms with Crippen LogP contribution in [0.25, 0.3) is 0 Å². The van der Waals surface area contributed by atoms with Crippen LogP contribution in [0.2, 0.25) is 0 Å². The molecular formula is C10H17LiO3. The van der Waals surface area contributed by atoms with Gasteiger partial charge in [0, 0.05) is 7.11 Å². The second-order valence-electron chi connectivity index (χ2n) is 2.61. The summed E-state index contributed by atoms with van der Waals surface area (Å²) < 4.78 is 15.1. The van der Waals surface area contributed by atoms with Crippen LogP contribution in [0.4, 0.5) is 0 Å². The van der Waals surface area contributed by atoms with Crippen molar-refractivity contribution in [2.45, 2.75) is 25.9 Å². The van der Waals surface area contributed by atoms with E-state index in [0.29, 0.717) is 13.2 Å². The first-order valence-electron chi connectivity index (χ1n) is 4.45. The van der Waals surface area contributed by atoms with Crippen LogP contribution in [0.15, 0.2) is 0 Å². The second-order valence-corrected chi connectivity index (χ2v) is 2.61. The molecule has 0 aromatic carbocycles. The van der Waals surface area contributed by atoms with Gasteiger partial charge in [0.2, 0.25) is 0 Å². The molecule has 76 valence electrons. The van der Waals surface area contributed by atoms with Gasteiger partial charge in [-0.25, -0.2) is 0 Å². The molecule has 0 aliphatic carbocycles. The minimum atomic E-state index is -0.229. The summed E-state index contributed by atoms with van der Waals surface area (Å²) in [6.07, 6.45) is 8.49. The molecule has 0 spiro atoms. The van der Waals surface area contributed by atoms with Crippen molar-refractivity contribution in [3.63, 3.8) is 0 Å². The average molecular weight is 192 g/mol. The van der Waals surface area contributed by atoms with Gasteiger partial charge in [-0.1, -0.05) is 13.3 Å². The van der Waals surface area contributed by atoms with Crippen molar-refractivity contribution < 1.29 is 33.1 Å². The van der Waals surface area contributed by atoms with Gasteiger partial charge in [0.25, 0.3) is 0 Å². The Kier molecular flexibility index (Phi) is 15.3. The third-order valence-electron chi connectivity index (χ3n) is 1.50. The molecule has 14 heavy (non-hydrogen) atoms. The normalized spacial score (nSPS) is 11.5. The summed E-state index contributed by atoms with van der Waals surface area (Å²) >= 11 is 0. The molecule has 0 heterocycles. The Morgan fingerprint density at radius 1 is 1.36 bits per heavy atom. The first-order valence-corrected chi connectivity index (χ1v) is 4.45. The van der Waals surface area contributed by atoms with E-state index in [0.717, 1.165) is 12.8 Å². The quantitative estimate of drug-likeness (QED) is 0.152. The third-order valence-corrected chi connectivity index (χ3v) is 1.50. The van der Waals surface area contributed by atoms with Crippen LogP contribution in [0.3, 0.4) is 0 Å². The summed E-state index contributed by atoms with van der Waals surface area (Å²) in [5, 5.41) is 0. The number of hydrogen-bond acceptors (Lipinski definition) is 3. The molecule has 0 saturated heterocycles. The minimum Gasteiger partial charge on any atom is -0.691 e. The molecule has 0 aliphatic heterocycles. The van der Waals surface area contributed by atoms with Gasteiger partial charge in [-0.2, -0.15) is 0 Å². The number of hydrogen-bond donors (Lipinski definition) is 0. The smallest absolute Gasteiger partial charge is 0.691 e. The zero-order valence-electron chi connectivity index (χ0n) is 9.34. The number of methoxy groups -OCH3 is 1. The van der Waals surface area contributed by atoms with E-state index in [9.17, 15) is 0 Å². The molecule has 0 radical (unpaired) electrons. The molecule has 3 nitrogen and oxygen atoms in total. The molecule has 4 heteroatoms. The summed E-state index contributed by atoms with van der Waals surface area (Å²) in [5.74, 6) is 2.31. The fourth-order valence-corrected chi connectivity index (χ4v) is 0.791. The Hall–Kier alpha value is 0.0374. The standard InChI is InChI=1S/C10H17O3.Li/c1-4-6-10(5-2)13-9-12-8-7-11-3;/h10H,4,6-9H2,1,3H3;/q-1;+1. The summed E-state index contributed by atoms with van der Waals surface area (Å²) in [6.45, 7) is 3.34. The molecule has 0 aromatic heterocycles. The van der Waals surface area contributed by atoms with Crippen LogP contribution < -0.4 is 18.9 Å². The molecule has 0 fully saturated rings. The van der Waals surface area contributed by atoms with E-state index in [1.54, 1.807) is 7.11 Å². The van der Waals surface area contributed by atoms with Crippen LogP contribution in [0, 0.1) is 12.3 Å². The molecule has 0 aromatic rings. The van der Waals surface area contributed by atoms with Gasteiger partial charge in [0.05, 0.1) is 19.3 Å². The van der Waals surface area contributed by atoms with Crippen molar-refractivity contribution in [1.29, 1.82) is 0 Å². The first kappa shape index (κ1) is 16.5. The summed E-state index contributed by atoms with van der Waals surface area (Å²) in [5.41, 5.74) is 0. The van der Waals surface area contributed by atoms with Gasteiger partial charge in [0.15, 0.2) is 0 Å². The fourth-order valence-electron chi connectivity index (χ4n) is 0.791.